The molecule has 1 atom stereocenters. The molecule has 5 aromatic carbocycles. The van der Waals surface area contributed by atoms with Gasteiger partial charge >= 0.3 is 11.9 Å². The lowest BCUT2D eigenvalue weighted by Gasteiger charge is -2.26. The molecule has 14 nitrogen and oxygen atoms in total. The summed E-state index contributed by atoms with van der Waals surface area (Å²) in [6, 6.07) is 2.57. The van der Waals surface area contributed by atoms with E-state index in [-0.39, 0.29) is 90.6 Å². The Morgan fingerprint density at radius 2 is 1.29 bits per heavy atom. The highest BCUT2D eigenvalue weighted by atomic mass is 16.6. The summed E-state index contributed by atoms with van der Waals surface area (Å²) in [5.41, 5.74) is 2.17. The monoisotopic (exact) mass is 799 g/mol. The van der Waals surface area contributed by atoms with Crippen molar-refractivity contribution >= 4 is 72.6 Å². The molecule has 1 aliphatic carbocycles. The Labute approximate surface area is 334 Å². The minimum absolute atomic E-state index is 0.0616. The Kier molecular flexibility index (Phi) is 13.1. The summed E-state index contributed by atoms with van der Waals surface area (Å²) in [7, 11) is 4.37. The van der Waals surface area contributed by atoms with Gasteiger partial charge in [0, 0.05) is 55.6 Å². The van der Waals surface area contributed by atoms with Gasteiger partial charge in [-0.3, -0.25) is 24.0 Å². The molecule has 0 saturated carbocycles. The number of aliphatic hydroxyl groups excluding tert-OH is 2. The number of phenolic OH excluding ortho intramolecular Hbond substituents is 1. The predicted octanol–water partition coefficient (Wildman–Crippen LogP) is 4.97. The SMILES string of the molecule is COCCOC(=O)CCCCc1c(NCCCC(=O)OCCOC)c2c(=O)cc(CO)c3c4c(CO)cc(=O)c5c(O)c(OC)c6c(c(c1C=C(C)C6C(C)=O)c23)c54. The van der Waals surface area contributed by atoms with Gasteiger partial charge < -0.3 is 44.3 Å². The summed E-state index contributed by atoms with van der Waals surface area (Å²) in [6.07, 6.45) is 3.71. The van der Waals surface area contributed by atoms with Gasteiger partial charge in [-0.15, -0.1) is 0 Å². The van der Waals surface area contributed by atoms with E-state index in [4.69, 9.17) is 23.7 Å². The highest BCUT2D eigenvalue weighted by Crippen LogP contribution is 2.56. The number of phenols is 1. The number of carbonyl (C=O) groups excluding carboxylic acids is 3. The highest BCUT2D eigenvalue weighted by molar-refractivity contribution is 6.39. The van der Waals surface area contributed by atoms with Crippen molar-refractivity contribution in [3.63, 3.8) is 0 Å². The molecule has 4 N–H and O–H groups in total. The maximum absolute atomic E-state index is 14.5. The Morgan fingerprint density at radius 1 is 0.724 bits per heavy atom. The zero-order valence-corrected chi connectivity index (χ0v) is 33.4. The van der Waals surface area contributed by atoms with Crippen molar-refractivity contribution in [3.8, 4) is 11.5 Å². The zero-order valence-electron chi connectivity index (χ0n) is 33.4. The molecule has 0 saturated heterocycles. The summed E-state index contributed by atoms with van der Waals surface area (Å²) in [5.74, 6) is -2.53. The Hall–Kier alpha value is -5.41. The third-order valence-corrected chi connectivity index (χ3v) is 10.9. The number of unbranched alkanes of at least 4 members (excludes halogenated alkanes) is 1. The van der Waals surface area contributed by atoms with E-state index in [2.05, 4.69) is 5.32 Å². The second-order valence-corrected chi connectivity index (χ2v) is 14.5. The van der Waals surface area contributed by atoms with Crippen LogP contribution in [0.15, 0.2) is 27.3 Å². The van der Waals surface area contributed by atoms with Gasteiger partial charge in [0.15, 0.2) is 22.4 Å². The largest absolute Gasteiger partial charge is 0.504 e. The van der Waals surface area contributed by atoms with Gasteiger partial charge in [-0.05, 0) is 95.5 Å². The van der Waals surface area contributed by atoms with Crippen LogP contribution in [-0.4, -0.2) is 87.3 Å². The lowest BCUT2D eigenvalue weighted by Crippen LogP contribution is -2.16. The molecular weight excluding hydrogens is 750 g/mol. The van der Waals surface area contributed by atoms with Crippen LogP contribution in [0.5, 0.6) is 11.5 Å². The number of Topliss-reactive ketones (excluding diaryl/α,β-unsaturated/α-hetero) is 1. The summed E-state index contributed by atoms with van der Waals surface area (Å²) in [5, 5.41) is 39.5. The second-order valence-electron chi connectivity index (χ2n) is 14.5. The number of aromatic hydroxyl groups is 1. The van der Waals surface area contributed by atoms with Gasteiger partial charge in [0.1, 0.15) is 19.0 Å². The fourth-order valence-electron chi connectivity index (χ4n) is 8.60. The predicted molar refractivity (Wildman–Crippen MR) is 219 cm³/mol. The molecule has 1 aliphatic rings. The number of rotatable bonds is 20. The molecule has 308 valence electrons. The number of ketones is 1. The van der Waals surface area contributed by atoms with E-state index < -0.39 is 41.7 Å². The summed E-state index contributed by atoms with van der Waals surface area (Å²) < 4.78 is 26.3. The average molecular weight is 800 g/mol. The molecule has 5 aromatic rings. The quantitative estimate of drug-likeness (QED) is 0.0356. The lowest BCUT2D eigenvalue weighted by atomic mass is 9.78. The van der Waals surface area contributed by atoms with Crippen LogP contribution in [0, 0.1) is 0 Å². The number of methoxy groups -OCH3 is 3. The van der Waals surface area contributed by atoms with Crippen LogP contribution in [0.3, 0.4) is 0 Å². The smallest absolute Gasteiger partial charge is 0.305 e. The number of hydrogen-bond acceptors (Lipinski definition) is 14. The lowest BCUT2D eigenvalue weighted by molar-refractivity contribution is -0.145. The number of anilines is 1. The van der Waals surface area contributed by atoms with Gasteiger partial charge in [-0.25, -0.2) is 0 Å². The van der Waals surface area contributed by atoms with Crippen molar-refractivity contribution in [2.75, 3.05) is 59.6 Å². The van der Waals surface area contributed by atoms with Crippen molar-refractivity contribution in [3.05, 3.63) is 66.0 Å². The van der Waals surface area contributed by atoms with E-state index in [1.54, 1.807) is 6.92 Å². The average Bonchev–Trinajstić information content (AvgIpc) is 3.32. The molecule has 1 unspecified atom stereocenters. The molecule has 0 aromatic heterocycles. The number of carbonyl (C=O) groups is 3. The molecular formula is C44H49NO13. The zero-order chi connectivity index (χ0) is 41.8. The molecule has 14 heteroatoms. The molecule has 0 fully saturated rings. The van der Waals surface area contributed by atoms with E-state index in [0.29, 0.717) is 80.6 Å². The summed E-state index contributed by atoms with van der Waals surface area (Å²) in [4.78, 5) is 67.3. The maximum atomic E-state index is 14.5. The molecule has 0 bridgehead atoms. The van der Waals surface area contributed by atoms with Crippen molar-refractivity contribution in [2.24, 2.45) is 0 Å². The molecule has 0 aliphatic heterocycles. The number of hydrogen-bond donors (Lipinski definition) is 4. The number of esters is 2. The first-order valence-corrected chi connectivity index (χ1v) is 19.3. The van der Waals surface area contributed by atoms with Gasteiger partial charge in [0.25, 0.3) is 0 Å². The maximum Gasteiger partial charge on any atom is 0.305 e. The standard InChI is InChI=1S/C44H49NO13/c1-22-17-27-26(9-6-7-10-30(51)57-15-13-54-3)42(45-12-8-11-31(52)58-16-14-55-4)36-28(49)18-24(20-46)33-34-25(21-47)19-29(50)37-39(34)40(35(27)38(33)36)41(32(22)23(2)48)44(56-5)43(37)53/h17-19,32,45-47,53H,6-16,20-21H2,1-5H3. The van der Waals surface area contributed by atoms with Crippen molar-refractivity contribution < 1.29 is 53.4 Å². The minimum Gasteiger partial charge on any atom is -0.504 e. The van der Waals surface area contributed by atoms with Crippen molar-refractivity contribution in [1.82, 2.24) is 0 Å². The third kappa shape index (κ3) is 7.52. The van der Waals surface area contributed by atoms with Gasteiger partial charge in [-0.1, -0.05) is 11.6 Å². The van der Waals surface area contributed by atoms with E-state index in [9.17, 15) is 39.3 Å². The van der Waals surface area contributed by atoms with Crippen LogP contribution in [0.1, 0.15) is 79.7 Å². The fourth-order valence-corrected chi connectivity index (χ4v) is 8.60. The van der Waals surface area contributed by atoms with Gasteiger partial charge in [0.2, 0.25) is 0 Å². The van der Waals surface area contributed by atoms with Crippen LogP contribution < -0.4 is 20.9 Å². The van der Waals surface area contributed by atoms with Crippen LogP contribution >= 0.6 is 0 Å². The van der Waals surface area contributed by atoms with Crippen molar-refractivity contribution in [2.45, 2.75) is 71.5 Å². The first-order chi connectivity index (χ1) is 27.9. The first kappa shape index (κ1) is 42.2. The van der Waals surface area contributed by atoms with E-state index >= 15 is 0 Å². The molecule has 58 heavy (non-hydrogen) atoms. The molecule has 0 heterocycles. The minimum atomic E-state index is -0.951. The number of ether oxygens (including phenoxy) is 5. The Morgan fingerprint density at radius 3 is 1.84 bits per heavy atom. The number of nitrogens with one attached hydrogen (secondary N) is 1. The summed E-state index contributed by atoms with van der Waals surface area (Å²) in [6.45, 7) is 3.12. The Bertz CT molecular complexity index is 2540. The number of benzene rings is 5. The molecule has 0 amide bonds. The van der Waals surface area contributed by atoms with Crippen molar-refractivity contribution in [1.29, 1.82) is 0 Å². The molecule has 0 spiro atoms. The highest BCUT2D eigenvalue weighted by Gasteiger charge is 2.36. The first-order valence-electron chi connectivity index (χ1n) is 19.3. The normalized spacial score (nSPS) is 13.8. The number of aliphatic hydroxyl groups is 2. The third-order valence-electron chi connectivity index (χ3n) is 10.9. The van der Waals surface area contributed by atoms with Crippen LogP contribution in [-0.2, 0) is 53.0 Å². The second kappa shape index (κ2) is 18.0. The number of allylic oxidation sites excluding steroid dienone is 1. The summed E-state index contributed by atoms with van der Waals surface area (Å²) >= 11 is 0. The Balaban J connectivity index is 1.71. The number of fused-ring (bicyclic) bond motifs is 1. The molecule has 6 rings (SSSR count). The van der Waals surface area contributed by atoms with Crippen LogP contribution in [0.4, 0.5) is 5.69 Å². The van der Waals surface area contributed by atoms with E-state index in [1.807, 2.05) is 6.08 Å². The van der Waals surface area contributed by atoms with E-state index in [1.165, 1.54) is 40.4 Å². The fraction of sp³-hybridized carbons (Fsp3) is 0.432. The van der Waals surface area contributed by atoms with Crippen LogP contribution in [0.25, 0.3) is 49.2 Å². The molecule has 0 radical (unpaired) electrons. The topological polar surface area (TPSA) is 204 Å². The van der Waals surface area contributed by atoms with E-state index in [0.717, 1.165) is 0 Å². The van der Waals surface area contributed by atoms with Crippen LogP contribution in [0.2, 0.25) is 0 Å². The van der Waals surface area contributed by atoms with Gasteiger partial charge in [-0.2, -0.15) is 0 Å². The van der Waals surface area contributed by atoms with Gasteiger partial charge in [0.05, 0.1) is 50.2 Å².